The molecule has 0 aliphatic rings. The SMILES string of the molecule is Cc1ccc(C)c(N[C@@H](CC(=O)c2ccccc2)C(=O)OCC(=O)c2ccc(Br)cc2)c1. The van der Waals surface area contributed by atoms with Crippen molar-refractivity contribution in [1.29, 1.82) is 0 Å². The Balaban J connectivity index is 1.74. The zero-order valence-electron chi connectivity index (χ0n) is 17.9. The number of benzene rings is 3. The van der Waals surface area contributed by atoms with Crippen LogP contribution in [0, 0.1) is 13.8 Å². The lowest BCUT2D eigenvalue weighted by atomic mass is 10.0. The number of hydrogen-bond donors (Lipinski definition) is 1. The second-order valence-electron chi connectivity index (χ2n) is 7.55. The summed E-state index contributed by atoms with van der Waals surface area (Å²) in [6.45, 7) is 3.47. The van der Waals surface area contributed by atoms with Crippen molar-refractivity contribution in [1.82, 2.24) is 0 Å². The number of anilines is 1. The lowest BCUT2D eigenvalue weighted by Gasteiger charge is -2.20. The van der Waals surface area contributed by atoms with Gasteiger partial charge in [-0.2, -0.15) is 0 Å². The summed E-state index contributed by atoms with van der Waals surface area (Å²) in [7, 11) is 0. The molecule has 5 nitrogen and oxygen atoms in total. The van der Waals surface area contributed by atoms with Crippen LogP contribution in [0.15, 0.2) is 77.3 Å². The molecule has 3 aromatic rings. The number of Topliss-reactive ketones (excluding diaryl/α,β-unsaturated/α-hetero) is 2. The molecule has 1 N–H and O–H groups in total. The molecule has 0 spiro atoms. The summed E-state index contributed by atoms with van der Waals surface area (Å²) in [5.41, 5.74) is 3.66. The summed E-state index contributed by atoms with van der Waals surface area (Å²) in [6, 6.07) is 20.5. The molecule has 32 heavy (non-hydrogen) atoms. The van der Waals surface area contributed by atoms with E-state index in [0.717, 1.165) is 21.3 Å². The number of carbonyl (C=O) groups is 3. The van der Waals surface area contributed by atoms with E-state index in [1.54, 1.807) is 48.5 Å². The predicted octanol–water partition coefficient (Wildman–Crippen LogP) is 5.55. The first-order valence-corrected chi connectivity index (χ1v) is 11.0. The van der Waals surface area contributed by atoms with Crippen LogP contribution in [-0.2, 0) is 9.53 Å². The minimum atomic E-state index is -0.930. The van der Waals surface area contributed by atoms with Crippen molar-refractivity contribution in [3.8, 4) is 0 Å². The Morgan fingerprint density at radius 3 is 2.22 bits per heavy atom. The maximum Gasteiger partial charge on any atom is 0.329 e. The fourth-order valence-corrected chi connectivity index (χ4v) is 3.42. The van der Waals surface area contributed by atoms with E-state index in [4.69, 9.17) is 4.74 Å². The average molecular weight is 494 g/mol. The second kappa shape index (κ2) is 10.9. The third kappa shape index (κ3) is 6.37. The number of hydrogen-bond acceptors (Lipinski definition) is 5. The molecule has 6 heteroatoms. The number of halogens is 1. The molecule has 3 rings (SSSR count). The summed E-state index contributed by atoms with van der Waals surface area (Å²) in [6.07, 6.45) is -0.0945. The molecular weight excluding hydrogens is 470 g/mol. The van der Waals surface area contributed by atoms with Crippen LogP contribution in [0.25, 0.3) is 0 Å². The molecule has 0 unspecified atom stereocenters. The van der Waals surface area contributed by atoms with Crippen LogP contribution < -0.4 is 5.32 Å². The van der Waals surface area contributed by atoms with E-state index in [1.165, 1.54) is 0 Å². The second-order valence-corrected chi connectivity index (χ2v) is 8.46. The monoisotopic (exact) mass is 493 g/mol. The molecule has 3 aromatic carbocycles. The third-order valence-corrected chi connectivity index (χ3v) is 5.53. The van der Waals surface area contributed by atoms with Gasteiger partial charge in [-0.15, -0.1) is 0 Å². The van der Waals surface area contributed by atoms with Gasteiger partial charge < -0.3 is 10.1 Å². The summed E-state index contributed by atoms with van der Waals surface area (Å²) in [5, 5.41) is 3.15. The minimum Gasteiger partial charge on any atom is -0.456 e. The highest BCUT2D eigenvalue weighted by Crippen LogP contribution is 2.20. The van der Waals surface area contributed by atoms with Gasteiger partial charge in [0.05, 0.1) is 0 Å². The number of esters is 1. The molecule has 0 aromatic heterocycles. The molecular formula is C26H24BrNO4. The van der Waals surface area contributed by atoms with E-state index in [9.17, 15) is 14.4 Å². The fraction of sp³-hybridized carbons (Fsp3) is 0.192. The summed E-state index contributed by atoms with van der Waals surface area (Å²) < 4.78 is 6.17. The van der Waals surface area contributed by atoms with E-state index >= 15 is 0 Å². The predicted molar refractivity (Wildman–Crippen MR) is 128 cm³/mol. The van der Waals surface area contributed by atoms with E-state index in [1.807, 2.05) is 38.1 Å². The summed E-state index contributed by atoms with van der Waals surface area (Å²) >= 11 is 3.32. The lowest BCUT2D eigenvalue weighted by molar-refractivity contribution is -0.143. The molecule has 0 radical (unpaired) electrons. The first-order chi connectivity index (χ1) is 15.3. The Kier molecular flexibility index (Phi) is 7.95. The number of rotatable bonds is 9. The van der Waals surface area contributed by atoms with Crippen LogP contribution in [0.2, 0.25) is 0 Å². The normalized spacial score (nSPS) is 11.5. The van der Waals surface area contributed by atoms with Crippen LogP contribution >= 0.6 is 15.9 Å². The fourth-order valence-electron chi connectivity index (χ4n) is 3.16. The van der Waals surface area contributed by atoms with Gasteiger partial charge in [0.1, 0.15) is 6.04 Å². The third-order valence-electron chi connectivity index (χ3n) is 5.00. The smallest absolute Gasteiger partial charge is 0.329 e. The Morgan fingerprint density at radius 2 is 1.53 bits per heavy atom. The zero-order chi connectivity index (χ0) is 23.1. The number of ether oxygens (including phenoxy) is 1. The van der Waals surface area contributed by atoms with Gasteiger partial charge >= 0.3 is 5.97 Å². The number of aryl methyl sites for hydroxylation is 2. The Labute approximate surface area is 195 Å². The molecule has 0 bridgehead atoms. The quantitative estimate of drug-likeness (QED) is 0.312. The molecule has 1 atom stereocenters. The van der Waals surface area contributed by atoms with Crippen molar-refractivity contribution >= 4 is 39.2 Å². The van der Waals surface area contributed by atoms with Gasteiger partial charge in [0.15, 0.2) is 18.2 Å². The summed E-state index contributed by atoms with van der Waals surface area (Å²) in [5.74, 6) is -1.16. The highest BCUT2D eigenvalue weighted by molar-refractivity contribution is 9.10. The van der Waals surface area contributed by atoms with E-state index in [2.05, 4.69) is 21.2 Å². The molecule has 0 saturated carbocycles. The highest BCUT2D eigenvalue weighted by atomic mass is 79.9. The molecule has 0 heterocycles. The van der Waals surface area contributed by atoms with Crippen LogP contribution in [0.1, 0.15) is 38.3 Å². The van der Waals surface area contributed by atoms with Crippen LogP contribution in [0.5, 0.6) is 0 Å². The molecule has 0 aliphatic heterocycles. The van der Waals surface area contributed by atoms with Gasteiger partial charge in [0.2, 0.25) is 0 Å². The highest BCUT2D eigenvalue weighted by Gasteiger charge is 2.25. The molecule has 0 fully saturated rings. The van der Waals surface area contributed by atoms with Gasteiger partial charge in [-0.3, -0.25) is 9.59 Å². The molecule has 164 valence electrons. The zero-order valence-corrected chi connectivity index (χ0v) is 19.5. The largest absolute Gasteiger partial charge is 0.456 e. The Hall–Kier alpha value is -3.25. The van der Waals surface area contributed by atoms with E-state index in [-0.39, 0.29) is 18.0 Å². The van der Waals surface area contributed by atoms with Gasteiger partial charge in [0.25, 0.3) is 0 Å². The van der Waals surface area contributed by atoms with Crippen molar-refractivity contribution in [2.75, 3.05) is 11.9 Å². The van der Waals surface area contributed by atoms with Crippen LogP contribution in [0.3, 0.4) is 0 Å². The average Bonchev–Trinajstić information content (AvgIpc) is 2.80. The Morgan fingerprint density at radius 1 is 0.875 bits per heavy atom. The van der Waals surface area contributed by atoms with E-state index < -0.39 is 18.6 Å². The number of nitrogens with one attached hydrogen (secondary N) is 1. The van der Waals surface area contributed by atoms with Crippen molar-refractivity contribution < 1.29 is 19.1 Å². The van der Waals surface area contributed by atoms with Gasteiger partial charge in [0, 0.05) is 27.7 Å². The molecule has 0 aliphatic carbocycles. The van der Waals surface area contributed by atoms with E-state index in [0.29, 0.717) is 11.1 Å². The maximum absolute atomic E-state index is 12.9. The van der Waals surface area contributed by atoms with Gasteiger partial charge in [-0.1, -0.05) is 70.5 Å². The molecule has 0 amide bonds. The van der Waals surface area contributed by atoms with Crippen molar-refractivity contribution in [2.45, 2.75) is 26.3 Å². The maximum atomic E-state index is 12.9. The minimum absolute atomic E-state index is 0.0945. The standard InChI is InChI=1S/C26H24BrNO4/c1-17-8-9-18(2)22(14-17)28-23(15-24(29)19-6-4-3-5-7-19)26(31)32-16-25(30)20-10-12-21(27)13-11-20/h3-14,23,28H,15-16H2,1-2H3/t23-/m0/s1. The first-order valence-electron chi connectivity index (χ1n) is 10.2. The number of ketones is 2. The van der Waals surface area contributed by atoms with Crippen molar-refractivity contribution in [3.63, 3.8) is 0 Å². The van der Waals surface area contributed by atoms with Crippen molar-refractivity contribution in [2.24, 2.45) is 0 Å². The molecule has 0 saturated heterocycles. The van der Waals surface area contributed by atoms with Crippen LogP contribution in [-0.4, -0.2) is 30.2 Å². The first kappa shape index (κ1) is 23.4. The van der Waals surface area contributed by atoms with Crippen LogP contribution in [0.4, 0.5) is 5.69 Å². The topological polar surface area (TPSA) is 72.5 Å². The number of carbonyl (C=O) groups excluding carboxylic acids is 3. The van der Waals surface area contributed by atoms with Gasteiger partial charge in [-0.05, 0) is 43.2 Å². The van der Waals surface area contributed by atoms with Crippen molar-refractivity contribution in [3.05, 3.63) is 99.5 Å². The summed E-state index contributed by atoms with van der Waals surface area (Å²) in [4.78, 5) is 38.1. The van der Waals surface area contributed by atoms with Gasteiger partial charge in [-0.25, -0.2) is 4.79 Å². The Bertz CT molecular complexity index is 1110. The lowest BCUT2D eigenvalue weighted by Crippen LogP contribution is -2.35.